The first-order valence-corrected chi connectivity index (χ1v) is 7.10. The van der Waals surface area contributed by atoms with E-state index in [4.69, 9.17) is 4.74 Å². The van der Waals surface area contributed by atoms with E-state index in [1.54, 1.807) is 12.1 Å². The van der Waals surface area contributed by atoms with Gasteiger partial charge in [-0.2, -0.15) is 0 Å². The van der Waals surface area contributed by atoms with Crippen LogP contribution in [0.2, 0.25) is 0 Å². The summed E-state index contributed by atoms with van der Waals surface area (Å²) in [5.41, 5.74) is 0.916. The van der Waals surface area contributed by atoms with Crippen LogP contribution < -0.4 is 5.32 Å². The average molecular weight is 278 g/mol. The average Bonchev–Trinajstić information content (AvgIpc) is 3.30. The summed E-state index contributed by atoms with van der Waals surface area (Å²) in [5, 5.41) is 3.23. The Balaban J connectivity index is 1.57. The third kappa shape index (κ3) is 3.35. The molecule has 108 valence electrons. The molecule has 1 aliphatic heterocycles. The maximum absolute atomic E-state index is 12.9. The Labute approximate surface area is 117 Å². The van der Waals surface area contributed by atoms with Gasteiger partial charge in [0.2, 0.25) is 5.91 Å². The van der Waals surface area contributed by atoms with Crippen LogP contribution >= 0.6 is 0 Å². The van der Waals surface area contributed by atoms with E-state index in [-0.39, 0.29) is 17.8 Å². The van der Waals surface area contributed by atoms with E-state index in [1.165, 1.54) is 25.0 Å². The molecular weight excluding hydrogens is 259 g/mol. The molecule has 2 aliphatic rings. The van der Waals surface area contributed by atoms with Crippen molar-refractivity contribution < 1.29 is 13.9 Å². The van der Waals surface area contributed by atoms with Crippen LogP contribution in [-0.2, 0) is 9.53 Å². The summed E-state index contributed by atoms with van der Waals surface area (Å²) in [6.45, 7) is 2.09. The van der Waals surface area contributed by atoms with Crippen molar-refractivity contribution in [3.63, 3.8) is 0 Å². The Kier molecular flexibility index (Phi) is 3.98. The summed E-state index contributed by atoms with van der Waals surface area (Å²) in [5.74, 6) is -0.140. The second-order valence-electron chi connectivity index (χ2n) is 5.41. The Morgan fingerprint density at radius 2 is 2.10 bits per heavy atom. The highest BCUT2D eigenvalue weighted by atomic mass is 19.1. The fourth-order valence-corrected chi connectivity index (χ4v) is 2.39. The molecule has 1 aliphatic carbocycles. The van der Waals surface area contributed by atoms with E-state index in [1.807, 2.05) is 4.90 Å². The van der Waals surface area contributed by atoms with Crippen LogP contribution in [-0.4, -0.2) is 43.1 Å². The molecule has 1 aromatic carbocycles. The van der Waals surface area contributed by atoms with E-state index in [0.717, 1.165) is 5.56 Å². The van der Waals surface area contributed by atoms with Crippen molar-refractivity contribution in [2.45, 2.75) is 25.0 Å². The molecule has 3 rings (SSSR count). The van der Waals surface area contributed by atoms with E-state index in [0.29, 0.717) is 32.3 Å². The number of hydrogen-bond acceptors (Lipinski definition) is 3. The van der Waals surface area contributed by atoms with Crippen LogP contribution in [0.15, 0.2) is 24.3 Å². The quantitative estimate of drug-likeness (QED) is 0.907. The Hall–Kier alpha value is -1.46. The number of morpholine rings is 1. The first-order valence-electron chi connectivity index (χ1n) is 7.10. The Bertz CT molecular complexity index is 473. The summed E-state index contributed by atoms with van der Waals surface area (Å²) in [6, 6.07) is 6.82. The van der Waals surface area contributed by atoms with Gasteiger partial charge in [-0.15, -0.1) is 0 Å². The molecule has 1 unspecified atom stereocenters. The second-order valence-corrected chi connectivity index (χ2v) is 5.41. The van der Waals surface area contributed by atoms with Crippen molar-refractivity contribution in [2.75, 3.05) is 26.2 Å². The number of carbonyl (C=O) groups excluding carboxylic acids is 1. The van der Waals surface area contributed by atoms with Gasteiger partial charge in [0.15, 0.2) is 0 Å². The SMILES string of the molecule is O=C(CNC1CC1)N1CCOC(c2ccc(F)cc2)C1. The number of halogens is 1. The predicted octanol–water partition coefficient (Wildman–Crippen LogP) is 1.48. The molecule has 20 heavy (non-hydrogen) atoms. The van der Waals surface area contributed by atoms with E-state index >= 15 is 0 Å². The molecule has 1 saturated heterocycles. The summed E-state index contributed by atoms with van der Waals surface area (Å²) in [4.78, 5) is 13.9. The Morgan fingerprint density at radius 1 is 1.35 bits per heavy atom. The van der Waals surface area contributed by atoms with Crippen LogP contribution in [0.1, 0.15) is 24.5 Å². The van der Waals surface area contributed by atoms with Crippen molar-refractivity contribution in [1.29, 1.82) is 0 Å². The summed E-state index contributed by atoms with van der Waals surface area (Å²) >= 11 is 0. The van der Waals surface area contributed by atoms with Gasteiger partial charge in [-0.3, -0.25) is 4.79 Å². The van der Waals surface area contributed by atoms with Gasteiger partial charge in [-0.05, 0) is 30.5 Å². The van der Waals surface area contributed by atoms with Crippen LogP contribution in [0.4, 0.5) is 4.39 Å². The molecule has 4 nitrogen and oxygen atoms in total. The van der Waals surface area contributed by atoms with E-state index < -0.39 is 0 Å². The largest absolute Gasteiger partial charge is 0.370 e. The molecule has 1 atom stereocenters. The van der Waals surface area contributed by atoms with Gasteiger partial charge < -0.3 is 15.0 Å². The summed E-state index contributed by atoms with van der Waals surface area (Å²) in [6.07, 6.45) is 2.19. The van der Waals surface area contributed by atoms with Gasteiger partial charge in [0.25, 0.3) is 0 Å². The molecule has 0 spiro atoms. The number of rotatable bonds is 4. The smallest absolute Gasteiger partial charge is 0.236 e. The number of nitrogens with zero attached hydrogens (tertiary/aromatic N) is 1. The number of nitrogens with one attached hydrogen (secondary N) is 1. The zero-order valence-corrected chi connectivity index (χ0v) is 11.3. The van der Waals surface area contributed by atoms with Crippen LogP contribution in [0.5, 0.6) is 0 Å². The molecule has 0 aromatic heterocycles. The highest BCUT2D eigenvalue weighted by molar-refractivity contribution is 5.78. The molecule has 0 radical (unpaired) electrons. The first-order chi connectivity index (χ1) is 9.72. The van der Waals surface area contributed by atoms with Crippen molar-refractivity contribution in [2.24, 2.45) is 0 Å². The minimum absolute atomic E-state index is 0.118. The number of ether oxygens (including phenoxy) is 1. The maximum Gasteiger partial charge on any atom is 0.236 e. The van der Waals surface area contributed by atoms with Crippen LogP contribution in [0.3, 0.4) is 0 Å². The fraction of sp³-hybridized carbons (Fsp3) is 0.533. The standard InChI is InChI=1S/C15H19FN2O2/c16-12-3-1-11(2-4-12)14-10-18(7-8-20-14)15(19)9-17-13-5-6-13/h1-4,13-14,17H,5-10H2. The molecule has 1 N–H and O–H groups in total. The third-order valence-corrected chi connectivity index (χ3v) is 3.78. The van der Waals surface area contributed by atoms with Gasteiger partial charge >= 0.3 is 0 Å². The third-order valence-electron chi connectivity index (χ3n) is 3.78. The van der Waals surface area contributed by atoms with Gasteiger partial charge in [0.05, 0.1) is 19.7 Å². The second kappa shape index (κ2) is 5.89. The Morgan fingerprint density at radius 3 is 2.80 bits per heavy atom. The van der Waals surface area contributed by atoms with Gasteiger partial charge in [0, 0.05) is 12.6 Å². The zero-order valence-electron chi connectivity index (χ0n) is 11.3. The lowest BCUT2D eigenvalue weighted by molar-refractivity contribution is -0.138. The monoisotopic (exact) mass is 278 g/mol. The minimum atomic E-state index is -0.258. The number of hydrogen-bond donors (Lipinski definition) is 1. The lowest BCUT2D eigenvalue weighted by Gasteiger charge is -2.33. The normalized spacial score (nSPS) is 22.9. The highest BCUT2D eigenvalue weighted by Gasteiger charge is 2.27. The van der Waals surface area contributed by atoms with Crippen molar-refractivity contribution in [3.8, 4) is 0 Å². The van der Waals surface area contributed by atoms with Crippen molar-refractivity contribution in [3.05, 3.63) is 35.6 Å². The topological polar surface area (TPSA) is 41.6 Å². The lowest BCUT2D eigenvalue weighted by atomic mass is 10.1. The molecule has 1 aromatic rings. The van der Waals surface area contributed by atoms with Gasteiger partial charge in [0.1, 0.15) is 11.9 Å². The summed E-state index contributed by atoms with van der Waals surface area (Å²) < 4.78 is 18.6. The summed E-state index contributed by atoms with van der Waals surface area (Å²) in [7, 11) is 0. The fourth-order valence-electron chi connectivity index (χ4n) is 2.39. The van der Waals surface area contributed by atoms with Crippen molar-refractivity contribution in [1.82, 2.24) is 10.2 Å². The highest BCUT2D eigenvalue weighted by Crippen LogP contribution is 2.23. The molecule has 1 saturated carbocycles. The van der Waals surface area contributed by atoms with E-state index in [9.17, 15) is 9.18 Å². The first kappa shape index (κ1) is 13.5. The molecule has 5 heteroatoms. The van der Waals surface area contributed by atoms with Gasteiger partial charge in [-0.1, -0.05) is 12.1 Å². The van der Waals surface area contributed by atoms with Crippen LogP contribution in [0.25, 0.3) is 0 Å². The molecule has 2 fully saturated rings. The number of amides is 1. The predicted molar refractivity (Wildman–Crippen MR) is 72.7 cm³/mol. The molecular formula is C15H19FN2O2. The number of carbonyl (C=O) groups is 1. The maximum atomic E-state index is 12.9. The lowest BCUT2D eigenvalue weighted by Crippen LogP contribution is -2.46. The zero-order chi connectivity index (χ0) is 13.9. The van der Waals surface area contributed by atoms with Crippen LogP contribution in [0, 0.1) is 5.82 Å². The van der Waals surface area contributed by atoms with Gasteiger partial charge in [-0.25, -0.2) is 4.39 Å². The minimum Gasteiger partial charge on any atom is -0.370 e. The van der Waals surface area contributed by atoms with Crippen molar-refractivity contribution >= 4 is 5.91 Å². The van der Waals surface area contributed by atoms with E-state index in [2.05, 4.69) is 5.32 Å². The molecule has 0 bridgehead atoms. The molecule has 1 heterocycles. The molecule has 1 amide bonds. The number of benzene rings is 1.